The fraction of sp³-hybridized carbons (Fsp3) is 0.182. The maximum absolute atomic E-state index is 11.1. The molecule has 104 valence electrons. The summed E-state index contributed by atoms with van der Waals surface area (Å²) in [6.45, 7) is 3.00. The summed E-state index contributed by atoms with van der Waals surface area (Å²) in [4.78, 5) is 21.0. The Morgan fingerprint density at radius 1 is 1.20 bits per heavy atom. The van der Waals surface area contributed by atoms with Gasteiger partial charge >= 0.3 is 5.69 Å². The quantitative estimate of drug-likeness (QED) is 0.630. The van der Waals surface area contributed by atoms with Gasteiger partial charge in [0.25, 0.3) is 5.69 Å². The van der Waals surface area contributed by atoms with Gasteiger partial charge < -0.3 is 0 Å². The maximum Gasteiger partial charge on any atom is 0.313 e. The molecule has 0 bridgehead atoms. The highest BCUT2D eigenvalue weighted by Crippen LogP contribution is 2.31. The molecule has 0 saturated heterocycles. The average molecular weight is 341 g/mol. The second kappa shape index (κ2) is 5.00. The van der Waals surface area contributed by atoms with Gasteiger partial charge in [-0.15, -0.1) is 0 Å². The zero-order valence-electron chi connectivity index (χ0n) is 10.5. The number of aromatic nitrogens is 2. The Balaban J connectivity index is 2.73. The van der Waals surface area contributed by atoms with Crippen molar-refractivity contribution >= 4 is 27.3 Å². The number of nitro benzene ring substituents is 1. The average Bonchev–Trinajstić information content (AvgIpc) is 2.64. The van der Waals surface area contributed by atoms with Gasteiger partial charge in [-0.25, -0.2) is 4.68 Å². The minimum absolute atomic E-state index is 0.137. The van der Waals surface area contributed by atoms with Crippen LogP contribution in [-0.2, 0) is 0 Å². The second-order valence-corrected chi connectivity index (χ2v) is 4.99. The van der Waals surface area contributed by atoms with Crippen molar-refractivity contribution in [1.82, 2.24) is 9.78 Å². The predicted octanol–water partition coefficient (Wildman–Crippen LogP) is 3.07. The number of nitro groups is 2. The van der Waals surface area contributed by atoms with Crippen LogP contribution in [-0.4, -0.2) is 19.6 Å². The van der Waals surface area contributed by atoms with Crippen LogP contribution >= 0.6 is 15.9 Å². The molecule has 20 heavy (non-hydrogen) atoms. The Kier molecular flexibility index (Phi) is 3.53. The number of hydrogen-bond donors (Lipinski definition) is 0. The highest BCUT2D eigenvalue weighted by molar-refractivity contribution is 9.10. The third kappa shape index (κ3) is 2.27. The van der Waals surface area contributed by atoms with E-state index in [4.69, 9.17) is 0 Å². The topological polar surface area (TPSA) is 104 Å². The molecule has 0 radical (unpaired) electrons. The van der Waals surface area contributed by atoms with Gasteiger partial charge in [-0.3, -0.25) is 20.2 Å². The van der Waals surface area contributed by atoms with Crippen molar-refractivity contribution in [3.63, 3.8) is 0 Å². The third-order valence-corrected chi connectivity index (χ3v) is 3.29. The first-order valence-corrected chi connectivity index (χ1v) is 6.27. The van der Waals surface area contributed by atoms with E-state index in [0.717, 1.165) is 0 Å². The molecule has 8 nitrogen and oxygen atoms in total. The molecule has 0 unspecified atom stereocenters. The van der Waals surface area contributed by atoms with Gasteiger partial charge in [0.1, 0.15) is 17.1 Å². The minimum atomic E-state index is -0.553. The molecule has 2 aromatic rings. The van der Waals surface area contributed by atoms with Gasteiger partial charge in [-0.2, -0.15) is 5.10 Å². The number of benzene rings is 1. The molecule has 0 N–H and O–H groups in total. The monoisotopic (exact) mass is 340 g/mol. The van der Waals surface area contributed by atoms with Crippen molar-refractivity contribution in [2.45, 2.75) is 13.8 Å². The van der Waals surface area contributed by atoms with Gasteiger partial charge in [0.05, 0.1) is 9.85 Å². The van der Waals surface area contributed by atoms with Crippen LogP contribution in [0.25, 0.3) is 5.69 Å². The van der Waals surface area contributed by atoms with Gasteiger partial charge in [-0.1, -0.05) is 15.9 Å². The van der Waals surface area contributed by atoms with E-state index in [-0.39, 0.29) is 28.5 Å². The molecule has 0 aliphatic carbocycles. The number of hydrogen-bond acceptors (Lipinski definition) is 5. The number of halogens is 1. The Hall–Kier alpha value is -2.29. The van der Waals surface area contributed by atoms with Crippen LogP contribution in [0.5, 0.6) is 0 Å². The lowest BCUT2D eigenvalue weighted by atomic mass is 10.2. The Bertz CT molecular complexity index is 725. The standard InChI is InChI=1S/C11H9BrN4O4/c1-6-11(16(19)20)7(2)14(13-6)9-4-3-8(12)5-10(9)15(17)18/h3-5H,1-2H3. The molecule has 2 rings (SSSR count). The Morgan fingerprint density at radius 2 is 1.85 bits per heavy atom. The fourth-order valence-electron chi connectivity index (χ4n) is 1.96. The van der Waals surface area contributed by atoms with E-state index >= 15 is 0 Å². The lowest BCUT2D eigenvalue weighted by Crippen LogP contribution is -2.04. The van der Waals surface area contributed by atoms with E-state index in [1.807, 2.05) is 0 Å². The fourth-order valence-corrected chi connectivity index (χ4v) is 2.30. The van der Waals surface area contributed by atoms with E-state index in [2.05, 4.69) is 21.0 Å². The largest absolute Gasteiger partial charge is 0.313 e. The minimum Gasteiger partial charge on any atom is -0.258 e. The van der Waals surface area contributed by atoms with Crippen molar-refractivity contribution in [3.05, 3.63) is 54.3 Å². The highest BCUT2D eigenvalue weighted by Gasteiger charge is 2.26. The summed E-state index contributed by atoms with van der Waals surface area (Å²) >= 11 is 3.16. The summed E-state index contributed by atoms with van der Waals surface area (Å²) < 4.78 is 1.77. The molecule has 0 aliphatic heterocycles. The van der Waals surface area contributed by atoms with Crippen LogP contribution in [0.1, 0.15) is 11.4 Å². The summed E-state index contributed by atoms with van der Waals surface area (Å²) in [6, 6.07) is 4.44. The van der Waals surface area contributed by atoms with E-state index in [1.165, 1.54) is 30.7 Å². The van der Waals surface area contributed by atoms with E-state index < -0.39 is 9.85 Å². The smallest absolute Gasteiger partial charge is 0.258 e. The lowest BCUT2D eigenvalue weighted by Gasteiger charge is -2.05. The summed E-state index contributed by atoms with van der Waals surface area (Å²) in [5.74, 6) is 0. The molecule has 1 aromatic carbocycles. The molecule has 0 fully saturated rings. The van der Waals surface area contributed by atoms with Crippen LogP contribution in [0.2, 0.25) is 0 Å². The van der Waals surface area contributed by atoms with Gasteiger partial charge in [0.15, 0.2) is 0 Å². The normalized spacial score (nSPS) is 10.6. The van der Waals surface area contributed by atoms with Crippen molar-refractivity contribution in [3.8, 4) is 5.69 Å². The van der Waals surface area contributed by atoms with Crippen LogP contribution in [0.4, 0.5) is 11.4 Å². The molecule has 9 heteroatoms. The highest BCUT2D eigenvalue weighted by atomic mass is 79.9. The summed E-state index contributed by atoms with van der Waals surface area (Å²) in [5, 5.41) is 26.1. The second-order valence-electron chi connectivity index (χ2n) is 4.08. The number of aryl methyl sites for hydroxylation is 1. The Morgan fingerprint density at radius 3 is 2.35 bits per heavy atom. The van der Waals surface area contributed by atoms with Crippen LogP contribution < -0.4 is 0 Å². The van der Waals surface area contributed by atoms with Gasteiger partial charge in [-0.05, 0) is 26.0 Å². The molecular formula is C11H9BrN4O4. The first-order chi connectivity index (χ1) is 9.32. The van der Waals surface area contributed by atoms with E-state index in [1.54, 1.807) is 6.07 Å². The van der Waals surface area contributed by atoms with Gasteiger partial charge in [0.2, 0.25) is 0 Å². The first kappa shape index (κ1) is 14.1. The maximum atomic E-state index is 11.1. The van der Waals surface area contributed by atoms with Crippen molar-refractivity contribution < 1.29 is 9.85 Å². The van der Waals surface area contributed by atoms with Crippen molar-refractivity contribution in [2.24, 2.45) is 0 Å². The van der Waals surface area contributed by atoms with Crippen LogP contribution in [0, 0.1) is 34.1 Å². The molecule has 0 saturated carbocycles. The number of rotatable bonds is 3. The lowest BCUT2D eigenvalue weighted by molar-refractivity contribution is -0.386. The molecule has 1 heterocycles. The molecule has 1 aromatic heterocycles. The van der Waals surface area contributed by atoms with Crippen LogP contribution in [0.3, 0.4) is 0 Å². The zero-order valence-corrected chi connectivity index (χ0v) is 12.1. The first-order valence-electron chi connectivity index (χ1n) is 5.48. The molecule has 0 atom stereocenters. The van der Waals surface area contributed by atoms with Crippen molar-refractivity contribution in [2.75, 3.05) is 0 Å². The van der Waals surface area contributed by atoms with Crippen LogP contribution in [0.15, 0.2) is 22.7 Å². The number of nitrogens with zero attached hydrogens (tertiary/aromatic N) is 4. The van der Waals surface area contributed by atoms with Gasteiger partial charge in [0, 0.05) is 10.5 Å². The summed E-state index contributed by atoms with van der Waals surface area (Å²) in [7, 11) is 0. The Labute approximate surface area is 121 Å². The molecule has 0 spiro atoms. The molecular weight excluding hydrogens is 332 g/mol. The van der Waals surface area contributed by atoms with Crippen molar-refractivity contribution in [1.29, 1.82) is 0 Å². The SMILES string of the molecule is Cc1nn(-c2ccc(Br)cc2[N+](=O)[O-])c(C)c1[N+](=O)[O-]. The predicted molar refractivity (Wildman–Crippen MR) is 74.0 cm³/mol. The van der Waals surface area contributed by atoms with E-state index in [0.29, 0.717) is 4.47 Å². The summed E-state index contributed by atoms with van der Waals surface area (Å²) in [6.07, 6.45) is 0. The zero-order chi connectivity index (χ0) is 15.0. The summed E-state index contributed by atoms with van der Waals surface area (Å²) in [5.41, 5.74) is 0.330. The molecule has 0 aliphatic rings. The third-order valence-electron chi connectivity index (χ3n) is 2.80. The van der Waals surface area contributed by atoms with E-state index in [9.17, 15) is 20.2 Å². The molecule has 0 amide bonds.